The number of rotatable bonds is 10. The molecule has 0 aromatic heterocycles. The Balaban J connectivity index is 1.72. The summed E-state index contributed by atoms with van der Waals surface area (Å²) in [7, 11) is -2.53. The largest absolute Gasteiger partial charge is 0.497 e. The van der Waals surface area contributed by atoms with Crippen molar-refractivity contribution in [2.45, 2.75) is 4.90 Å². The van der Waals surface area contributed by atoms with Gasteiger partial charge in [0.1, 0.15) is 24.7 Å². The third kappa shape index (κ3) is 6.31. The minimum Gasteiger partial charge on any atom is -0.497 e. The van der Waals surface area contributed by atoms with Crippen molar-refractivity contribution in [1.82, 2.24) is 5.32 Å². The van der Waals surface area contributed by atoms with Gasteiger partial charge in [-0.1, -0.05) is 53.5 Å². The van der Waals surface area contributed by atoms with E-state index in [1.807, 2.05) is 0 Å². The summed E-state index contributed by atoms with van der Waals surface area (Å²) in [5.41, 5.74) is 0.107. The van der Waals surface area contributed by atoms with Gasteiger partial charge >= 0.3 is 0 Å². The number of nitrogens with zero attached hydrogens (tertiary/aromatic N) is 1. The van der Waals surface area contributed by atoms with Crippen molar-refractivity contribution in [2.24, 2.45) is 0 Å². The van der Waals surface area contributed by atoms with Crippen molar-refractivity contribution in [3.05, 3.63) is 82.8 Å². The number of hydrogen-bond acceptors (Lipinski definition) is 5. The lowest BCUT2D eigenvalue weighted by atomic mass is 10.3. The predicted octanol–water partition coefficient (Wildman–Crippen LogP) is 4.39. The van der Waals surface area contributed by atoms with Gasteiger partial charge in [-0.25, -0.2) is 8.42 Å². The molecule has 10 heteroatoms. The van der Waals surface area contributed by atoms with Gasteiger partial charge < -0.3 is 14.8 Å². The third-order valence-electron chi connectivity index (χ3n) is 4.55. The maximum Gasteiger partial charge on any atom is 0.264 e. The molecular formula is C23H22Cl2N2O5S. The summed E-state index contributed by atoms with van der Waals surface area (Å²) in [5, 5.41) is 2.87. The van der Waals surface area contributed by atoms with Crippen LogP contribution in [0.15, 0.2) is 77.7 Å². The lowest BCUT2D eigenvalue weighted by Crippen LogP contribution is -2.42. The van der Waals surface area contributed by atoms with E-state index in [0.717, 1.165) is 4.31 Å². The van der Waals surface area contributed by atoms with Crippen molar-refractivity contribution in [3.63, 3.8) is 0 Å². The van der Waals surface area contributed by atoms with Crippen molar-refractivity contribution in [2.75, 3.05) is 31.1 Å². The monoisotopic (exact) mass is 508 g/mol. The summed E-state index contributed by atoms with van der Waals surface area (Å²) in [6.07, 6.45) is 0. The smallest absolute Gasteiger partial charge is 0.264 e. The van der Waals surface area contributed by atoms with E-state index >= 15 is 0 Å². The molecule has 0 heterocycles. The van der Waals surface area contributed by atoms with E-state index < -0.39 is 22.5 Å². The zero-order valence-electron chi connectivity index (χ0n) is 17.7. The average Bonchev–Trinajstić information content (AvgIpc) is 2.83. The van der Waals surface area contributed by atoms with Crippen LogP contribution in [0, 0.1) is 0 Å². The molecule has 0 aliphatic rings. The summed E-state index contributed by atoms with van der Waals surface area (Å²) in [5.74, 6) is 0.707. The van der Waals surface area contributed by atoms with E-state index in [1.54, 1.807) is 55.6 Å². The Bertz CT molecular complexity index is 1210. The highest BCUT2D eigenvalue weighted by molar-refractivity contribution is 7.92. The van der Waals surface area contributed by atoms with Crippen molar-refractivity contribution in [1.29, 1.82) is 0 Å². The summed E-state index contributed by atoms with van der Waals surface area (Å²) >= 11 is 12.4. The molecule has 3 aromatic carbocycles. The Morgan fingerprint density at radius 3 is 2.39 bits per heavy atom. The molecule has 0 bridgehead atoms. The van der Waals surface area contributed by atoms with E-state index in [1.165, 1.54) is 24.3 Å². The van der Waals surface area contributed by atoms with Crippen LogP contribution in [0.2, 0.25) is 10.0 Å². The number of ether oxygens (including phenoxy) is 2. The van der Waals surface area contributed by atoms with Crippen LogP contribution in [-0.4, -0.2) is 41.1 Å². The van der Waals surface area contributed by atoms with Gasteiger partial charge in [0.15, 0.2) is 0 Å². The SMILES string of the molecule is COc1cccc(OCCNC(=O)CN(c2cccc(Cl)c2Cl)S(=O)(=O)c2ccccc2)c1. The minimum atomic E-state index is -4.09. The van der Waals surface area contributed by atoms with Crippen molar-refractivity contribution in [3.8, 4) is 11.5 Å². The van der Waals surface area contributed by atoms with E-state index in [4.69, 9.17) is 32.7 Å². The van der Waals surface area contributed by atoms with Crippen LogP contribution in [0.5, 0.6) is 11.5 Å². The number of nitrogens with one attached hydrogen (secondary N) is 1. The molecule has 0 saturated heterocycles. The summed E-state index contributed by atoms with van der Waals surface area (Å²) < 4.78 is 38.3. The second kappa shape index (κ2) is 11.3. The Hall–Kier alpha value is -2.94. The highest BCUT2D eigenvalue weighted by Crippen LogP contribution is 2.35. The maximum absolute atomic E-state index is 13.3. The molecule has 3 rings (SSSR count). The number of benzene rings is 3. The molecule has 174 valence electrons. The van der Waals surface area contributed by atoms with Crippen LogP contribution in [0.1, 0.15) is 0 Å². The first-order valence-electron chi connectivity index (χ1n) is 9.88. The van der Waals surface area contributed by atoms with E-state index in [-0.39, 0.29) is 33.8 Å². The predicted molar refractivity (Wildman–Crippen MR) is 129 cm³/mol. The molecule has 33 heavy (non-hydrogen) atoms. The summed E-state index contributed by atoms with van der Waals surface area (Å²) in [6.45, 7) is -0.142. The molecule has 0 radical (unpaired) electrons. The molecule has 0 aliphatic heterocycles. The molecule has 1 amide bonds. The van der Waals surface area contributed by atoms with Gasteiger partial charge in [0.25, 0.3) is 10.0 Å². The van der Waals surface area contributed by atoms with Crippen LogP contribution in [0.25, 0.3) is 0 Å². The molecule has 0 fully saturated rings. The highest BCUT2D eigenvalue weighted by Gasteiger charge is 2.29. The van der Waals surface area contributed by atoms with Gasteiger partial charge in [0.05, 0.1) is 34.3 Å². The molecule has 1 N–H and O–H groups in total. The molecule has 0 unspecified atom stereocenters. The van der Waals surface area contributed by atoms with Crippen LogP contribution < -0.4 is 19.1 Å². The standard InChI is InChI=1S/C23H22Cl2N2O5S/c1-31-17-7-5-8-18(15-17)32-14-13-26-22(28)16-27(21-12-6-11-20(24)23(21)25)33(29,30)19-9-3-2-4-10-19/h2-12,15H,13-14,16H2,1H3,(H,26,28). The molecule has 0 saturated carbocycles. The van der Waals surface area contributed by atoms with Crippen molar-refractivity contribution >= 4 is 44.8 Å². The van der Waals surface area contributed by atoms with Crippen molar-refractivity contribution < 1.29 is 22.7 Å². The highest BCUT2D eigenvalue weighted by atomic mass is 35.5. The van der Waals surface area contributed by atoms with Crippen LogP contribution in [0.4, 0.5) is 5.69 Å². The fourth-order valence-corrected chi connectivity index (χ4v) is 4.84. The number of carbonyl (C=O) groups excluding carboxylic acids is 1. The molecule has 0 aliphatic carbocycles. The Morgan fingerprint density at radius 2 is 1.67 bits per heavy atom. The van der Waals surface area contributed by atoms with E-state index in [2.05, 4.69) is 5.32 Å². The van der Waals surface area contributed by atoms with Gasteiger partial charge in [0.2, 0.25) is 5.91 Å². The maximum atomic E-state index is 13.3. The number of halogens is 2. The topological polar surface area (TPSA) is 84.9 Å². The average molecular weight is 509 g/mol. The first-order chi connectivity index (χ1) is 15.8. The quantitative estimate of drug-likeness (QED) is 0.410. The first kappa shape index (κ1) is 24.7. The van der Waals surface area contributed by atoms with Gasteiger partial charge in [-0.2, -0.15) is 0 Å². The number of amides is 1. The third-order valence-corrected chi connectivity index (χ3v) is 7.14. The molecule has 3 aromatic rings. The van der Waals surface area contributed by atoms with Crippen LogP contribution in [0.3, 0.4) is 0 Å². The number of hydrogen-bond donors (Lipinski definition) is 1. The number of carbonyl (C=O) groups is 1. The van der Waals surface area contributed by atoms with Gasteiger partial charge in [-0.15, -0.1) is 0 Å². The van der Waals surface area contributed by atoms with Gasteiger partial charge in [-0.05, 0) is 36.4 Å². The second-order valence-electron chi connectivity index (χ2n) is 6.78. The Labute approximate surface area is 202 Å². The number of methoxy groups -OCH3 is 1. The molecule has 0 atom stereocenters. The minimum absolute atomic E-state index is 0.0233. The first-order valence-corrected chi connectivity index (χ1v) is 12.1. The lowest BCUT2D eigenvalue weighted by Gasteiger charge is -2.25. The van der Waals surface area contributed by atoms with Gasteiger partial charge in [0, 0.05) is 6.07 Å². The normalized spacial score (nSPS) is 11.0. The van der Waals surface area contributed by atoms with E-state index in [9.17, 15) is 13.2 Å². The Kier molecular flexibility index (Phi) is 8.43. The van der Waals surface area contributed by atoms with Crippen LogP contribution >= 0.6 is 23.2 Å². The fourth-order valence-electron chi connectivity index (χ4n) is 2.94. The zero-order valence-corrected chi connectivity index (χ0v) is 20.0. The zero-order chi connectivity index (χ0) is 23.8. The molecule has 0 spiro atoms. The summed E-state index contributed by atoms with van der Waals surface area (Å²) in [4.78, 5) is 12.7. The lowest BCUT2D eigenvalue weighted by molar-refractivity contribution is -0.119. The number of sulfonamides is 1. The fraction of sp³-hybridized carbons (Fsp3) is 0.174. The van der Waals surface area contributed by atoms with Gasteiger partial charge in [-0.3, -0.25) is 9.10 Å². The Morgan fingerprint density at radius 1 is 0.970 bits per heavy atom. The summed E-state index contributed by atoms with van der Waals surface area (Å²) in [6, 6.07) is 19.4. The molecule has 7 nitrogen and oxygen atoms in total. The molecular weight excluding hydrogens is 487 g/mol. The van der Waals surface area contributed by atoms with Crippen LogP contribution in [-0.2, 0) is 14.8 Å². The van der Waals surface area contributed by atoms with E-state index in [0.29, 0.717) is 11.5 Å². The number of anilines is 1. The second-order valence-corrected chi connectivity index (χ2v) is 9.42.